The van der Waals surface area contributed by atoms with Crippen LogP contribution in [0.5, 0.6) is 0 Å². The monoisotopic (exact) mass is 235 g/mol. The molecular formula is C11H13N3O3. The number of nitrogens with zero attached hydrogens (tertiary/aromatic N) is 1. The smallest absolute Gasteiger partial charge is 0.337 e. The van der Waals surface area contributed by atoms with Gasteiger partial charge in [0.1, 0.15) is 0 Å². The van der Waals surface area contributed by atoms with Gasteiger partial charge in [0.2, 0.25) is 0 Å². The van der Waals surface area contributed by atoms with Gasteiger partial charge in [-0.2, -0.15) is 0 Å². The van der Waals surface area contributed by atoms with Gasteiger partial charge in [0.25, 0.3) is 0 Å². The van der Waals surface area contributed by atoms with E-state index in [9.17, 15) is 9.59 Å². The number of aromatic carboxylic acids is 1. The van der Waals surface area contributed by atoms with Gasteiger partial charge in [-0.1, -0.05) is 12.2 Å². The summed E-state index contributed by atoms with van der Waals surface area (Å²) in [4.78, 5) is 25.7. The van der Waals surface area contributed by atoms with Crippen molar-refractivity contribution in [1.82, 2.24) is 10.3 Å². The second-order valence-electron chi connectivity index (χ2n) is 3.53. The molecule has 17 heavy (non-hydrogen) atoms. The molecule has 2 amide bonds. The van der Waals surface area contributed by atoms with Crippen LogP contribution in [0.4, 0.5) is 10.5 Å². The average molecular weight is 235 g/mol. The SMILES string of the molecule is C=C(C)CNC(=O)Nc1cncc(C(=O)O)c1. The van der Waals surface area contributed by atoms with Crippen LogP contribution in [0.1, 0.15) is 17.3 Å². The molecule has 0 unspecified atom stereocenters. The molecule has 0 fully saturated rings. The van der Waals surface area contributed by atoms with E-state index in [1.165, 1.54) is 18.5 Å². The van der Waals surface area contributed by atoms with Crippen molar-refractivity contribution in [1.29, 1.82) is 0 Å². The Morgan fingerprint density at radius 2 is 2.18 bits per heavy atom. The Morgan fingerprint density at radius 3 is 2.76 bits per heavy atom. The van der Waals surface area contributed by atoms with Crippen LogP contribution in [-0.4, -0.2) is 28.6 Å². The van der Waals surface area contributed by atoms with Crippen LogP contribution in [0.2, 0.25) is 0 Å². The third-order valence-electron chi connectivity index (χ3n) is 1.79. The second-order valence-corrected chi connectivity index (χ2v) is 3.53. The van der Waals surface area contributed by atoms with Gasteiger partial charge in [-0.05, 0) is 13.0 Å². The van der Waals surface area contributed by atoms with Crippen molar-refractivity contribution >= 4 is 17.7 Å². The molecule has 6 heteroatoms. The maximum atomic E-state index is 11.4. The number of carboxylic acid groups (broad SMARTS) is 1. The van der Waals surface area contributed by atoms with Crippen LogP contribution in [-0.2, 0) is 0 Å². The third-order valence-corrected chi connectivity index (χ3v) is 1.79. The number of anilines is 1. The molecule has 3 N–H and O–H groups in total. The van der Waals surface area contributed by atoms with Crippen molar-refractivity contribution in [3.05, 3.63) is 36.2 Å². The lowest BCUT2D eigenvalue weighted by atomic mass is 10.2. The minimum Gasteiger partial charge on any atom is -0.478 e. The molecule has 0 atom stereocenters. The van der Waals surface area contributed by atoms with E-state index in [2.05, 4.69) is 22.2 Å². The van der Waals surface area contributed by atoms with Crippen molar-refractivity contribution < 1.29 is 14.7 Å². The largest absolute Gasteiger partial charge is 0.478 e. The van der Waals surface area contributed by atoms with Crippen LogP contribution in [0.3, 0.4) is 0 Å². The number of amides is 2. The topological polar surface area (TPSA) is 91.3 Å². The highest BCUT2D eigenvalue weighted by Gasteiger charge is 2.06. The van der Waals surface area contributed by atoms with E-state index >= 15 is 0 Å². The quantitative estimate of drug-likeness (QED) is 0.689. The van der Waals surface area contributed by atoms with Crippen LogP contribution < -0.4 is 10.6 Å². The Bertz CT molecular complexity index is 457. The van der Waals surface area contributed by atoms with Crippen molar-refractivity contribution in [3.63, 3.8) is 0 Å². The number of hydrogen-bond acceptors (Lipinski definition) is 3. The molecule has 0 aliphatic carbocycles. The number of aromatic nitrogens is 1. The first-order chi connectivity index (χ1) is 7.99. The number of urea groups is 1. The molecule has 1 rings (SSSR count). The van der Waals surface area contributed by atoms with Crippen molar-refractivity contribution in [2.24, 2.45) is 0 Å². The van der Waals surface area contributed by atoms with Crippen LogP contribution in [0.15, 0.2) is 30.6 Å². The molecule has 1 heterocycles. The first kappa shape index (κ1) is 12.7. The highest BCUT2D eigenvalue weighted by Crippen LogP contribution is 2.07. The Labute approximate surface area is 98.4 Å². The number of carbonyl (C=O) groups excluding carboxylic acids is 1. The predicted octanol–water partition coefficient (Wildman–Crippen LogP) is 1.48. The van der Waals surface area contributed by atoms with Gasteiger partial charge in [0.15, 0.2) is 0 Å². The molecular weight excluding hydrogens is 222 g/mol. The molecule has 0 radical (unpaired) electrons. The molecule has 0 spiro atoms. The molecule has 0 aliphatic rings. The van der Waals surface area contributed by atoms with Crippen LogP contribution >= 0.6 is 0 Å². The van der Waals surface area contributed by atoms with E-state index in [0.29, 0.717) is 12.2 Å². The zero-order valence-electron chi connectivity index (χ0n) is 9.36. The molecule has 0 aromatic carbocycles. The Morgan fingerprint density at radius 1 is 1.47 bits per heavy atom. The lowest BCUT2D eigenvalue weighted by molar-refractivity contribution is 0.0696. The van der Waals surface area contributed by atoms with Gasteiger partial charge in [-0.15, -0.1) is 0 Å². The maximum absolute atomic E-state index is 11.4. The fraction of sp³-hybridized carbons (Fsp3) is 0.182. The lowest BCUT2D eigenvalue weighted by Gasteiger charge is -2.07. The van der Waals surface area contributed by atoms with E-state index in [4.69, 9.17) is 5.11 Å². The van der Waals surface area contributed by atoms with E-state index in [1.807, 2.05) is 0 Å². The van der Waals surface area contributed by atoms with Crippen molar-refractivity contribution in [2.75, 3.05) is 11.9 Å². The number of hydrogen-bond donors (Lipinski definition) is 3. The number of nitrogens with one attached hydrogen (secondary N) is 2. The molecule has 0 saturated carbocycles. The van der Waals surface area contributed by atoms with Gasteiger partial charge in [0, 0.05) is 12.7 Å². The van der Waals surface area contributed by atoms with Crippen molar-refractivity contribution in [3.8, 4) is 0 Å². The zero-order valence-corrected chi connectivity index (χ0v) is 9.36. The summed E-state index contributed by atoms with van der Waals surface area (Å²) in [6.07, 6.45) is 2.58. The highest BCUT2D eigenvalue weighted by molar-refractivity contribution is 5.92. The van der Waals surface area contributed by atoms with Gasteiger partial charge < -0.3 is 15.7 Å². The summed E-state index contributed by atoms with van der Waals surface area (Å²) in [5, 5.41) is 13.8. The standard InChI is InChI=1S/C11H13N3O3/c1-7(2)4-13-11(17)14-9-3-8(10(15)16)5-12-6-9/h3,5-6H,1,4H2,2H3,(H,15,16)(H2,13,14,17). The molecule has 90 valence electrons. The summed E-state index contributed by atoms with van der Waals surface area (Å²) >= 11 is 0. The fourth-order valence-electron chi connectivity index (χ4n) is 1.03. The highest BCUT2D eigenvalue weighted by atomic mass is 16.4. The Balaban J connectivity index is 2.62. The molecule has 1 aromatic heterocycles. The fourth-order valence-corrected chi connectivity index (χ4v) is 1.03. The number of rotatable bonds is 4. The summed E-state index contributed by atoms with van der Waals surface area (Å²) < 4.78 is 0. The second kappa shape index (κ2) is 5.64. The Hall–Kier alpha value is -2.37. The van der Waals surface area contributed by atoms with E-state index in [0.717, 1.165) is 5.57 Å². The minimum absolute atomic E-state index is 0.0164. The molecule has 0 saturated heterocycles. The first-order valence-corrected chi connectivity index (χ1v) is 4.86. The lowest BCUT2D eigenvalue weighted by Crippen LogP contribution is -2.29. The summed E-state index contributed by atoms with van der Waals surface area (Å²) in [5.41, 5.74) is 1.16. The van der Waals surface area contributed by atoms with Gasteiger partial charge in [0.05, 0.1) is 17.4 Å². The van der Waals surface area contributed by atoms with Crippen molar-refractivity contribution in [2.45, 2.75) is 6.92 Å². The van der Waals surface area contributed by atoms with Crippen LogP contribution in [0.25, 0.3) is 0 Å². The molecule has 0 bridgehead atoms. The number of carbonyl (C=O) groups is 2. The zero-order chi connectivity index (χ0) is 12.8. The van der Waals surface area contributed by atoms with Crippen LogP contribution in [0, 0.1) is 0 Å². The summed E-state index contributed by atoms with van der Waals surface area (Å²) in [5.74, 6) is -1.09. The minimum atomic E-state index is -1.09. The van der Waals surface area contributed by atoms with Gasteiger partial charge >= 0.3 is 12.0 Å². The summed E-state index contributed by atoms with van der Waals surface area (Å²) in [6.45, 7) is 5.78. The van der Waals surface area contributed by atoms with Gasteiger partial charge in [-0.3, -0.25) is 4.98 Å². The number of carboxylic acids is 1. The van der Waals surface area contributed by atoms with E-state index in [1.54, 1.807) is 6.92 Å². The average Bonchev–Trinajstić information content (AvgIpc) is 2.26. The molecule has 6 nitrogen and oxygen atoms in total. The van der Waals surface area contributed by atoms with E-state index in [-0.39, 0.29) is 5.56 Å². The summed E-state index contributed by atoms with van der Waals surface area (Å²) in [6, 6.07) is 0.896. The van der Waals surface area contributed by atoms with E-state index < -0.39 is 12.0 Å². The first-order valence-electron chi connectivity index (χ1n) is 4.86. The number of pyridine rings is 1. The predicted molar refractivity (Wildman–Crippen MR) is 63.0 cm³/mol. The molecule has 0 aliphatic heterocycles. The summed E-state index contributed by atoms with van der Waals surface area (Å²) in [7, 11) is 0. The maximum Gasteiger partial charge on any atom is 0.337 e. The Kier molecular flexibility index (Phi) is 4.21. The van der Waals surface area contributed by atoms with Gasteiger partial charge in [-0.25, -0.2) is 9.59 Å². The normalized spacial score (nSPS) is 9.47. The molecule has 1 aromatic rings. The third kappa shape index (κ3) is 4.33.